The quantitative estimate of drug-likeness (QED) is 0.127. The molecule has 1 saturated heterocycles. The van der Waals surface area contributed by atoms with Crippen molar-refractivity contribution in [3.8, 4) is 39.5 Å². The number of ether oxygens (including phenoxy) is 2. The number of likely N-dealkylation sites (N-methyl/N-ethyl adjacent to an activating group) is 1. The second-order valence-corrected chi connectivity index (χ2v) is 13.7. The number of benzene rings is 2. The Morgan fingerprint density at radius 1 is 1.04 bits per heavy atom. The van der Waals surface area contributed by atoms with E-state index in [1.165, 1.54) is 30.6 Å². The van der Waals surface area contributed by atoms with Crippen molar-refractivity contribution in [3.05, 3.63) is 89.5 Å². The topological polar surface area (TPSA) is 93.0 Å². The van der Waals surface area contributed by atoms with Crippen LogP contribution in [0.15, 0.2) is 66.6 Å². The summed E-state index contributed by atoms with van der Waals surface area (Å²) < 4.78 is 44.5. The number of piperazine rings is 1. The molecular formula is C38H38F2N6O4S. The summed E-state index contributed by atoms with van der Waals surface area (Å²) in [5.41, 5.74) is 4.79. The van der Waals surface area contributed by atoms with Crippen molar-refractivity contribution in [3.63, 3.8) is 0 Å². The Kier molecular flexibility index (Phi) is 9.69. The highest BCUT2D eigenvalue weighted by Crippen LogP contribution is 2.47. The molecule has 1 fully saturated rings. The summed E-state index contributed by atoms with van der Waals surface area (Å²) in [6.07, 6.45) is 1.30. The van der Waals surface area contributed by atoms with Crippen LogP contribution in [0.5, 0.6) is 5.75 Å². The molecule has 13 heteroatoms. The Labute approximate surface area is 298 Å². The summed E-state index contributed by atoms with van der Waals surface area (Å²) >= 11 is 1.42. The van der Waals surface area contributed by atoms with Crippen molar-refractivity contribution in [2.24, 2.45) is 0 Å². The molecule has 0 radical (unpaired) electrons. The largest absolute Gasteiger partial charge is 0.490 e. The maximum absolute atomic E-state index is 16.1. The molecule has 10 nitrogen and oxygen atoms in total. The molecule has 5 aromatic rings. The van der Waals surface area contributed by atoms with E-state index in [1.807, 2.05) is 60.4 Å². The first-order chi connectivity index (χ1) is 24.7. The van der Waals surface area contributed by atoms with Gasteiger partial charge in [-0.15, -0.1) is 11.3 Å². The predicted molar refractivity (Wildman–Crippen MR) is 192 cm³/mol. The zero-order valence-electron chi connectivity index (χ0n) is 28.7. The lowest BCUT2D eigenvalue weighted by atomic mass is 9.96. The molecule has 2 amide bonds. The van der Waals surface area contributed by atoms with Crippen LogP contribution in [0.4, 0.5) is 8.78 Å². The molecule has 0 N–H and O–H groups in total. The van der Waals surface area contributed by atoms with Crippen LogP contribution in [0.2, 0.25) is 0 Å². The van der Waals surface area contributed by atoms with Gasteiger partial charge >= 0.3 is 0 Å². The molecule has 0 spiro atoms. The second kappa shape index (κ2) is 14.3. The van der Waals surface area contributed by atoms with E-state index in [1.54, 1.807) is 9.80 Å². The number of fused-ring (bicyclic) bond motifs is 2. The molecule has 0 bridgehead atoms. The number of carbonyl (C=O) groups excluding carboxylic acids is 2. The number of hydrogen-bond donors (Lipinski definition) is 0. The molecule has 7 rings (SSSR count). The molecule has 3 aromatic heterocycles. The highest BCUT2D eigenvalue weighted by Gasteiger charge is 2.31. The average molecular weight is 713 g/mol. The normalized spacial score (nSPS) is 16.5. The van der Waals surface area contributed by atoms with E-state index in [2.05, 4.69) is 11.5 Å². The van der Waals surface area contributed by atoms with Crippen LogP contribution in [0.1, 0.15) is 24.2 Å². The van der Waals surface area contributed by atoms with Gasteiger partial charge in [0.2, 0.25) is 11.8 Å². The third-order valence-corrected chi connectivity index (χ3v) is 10.5. The maximum atomic E-state index is 16.1. The summed E-state index contributed by atoms with van der Waals surface area (Å²) in [6.45, 7) is 9.32. The molecule has 0 unspecified atom stereocenters. The lowest BCUT2D eigenvalue weighted by Crippen LogP contribution is -2.47. The standard InChI is InChI=1S/C38H38F2N6O4S/c1-5-32(47)45-13-14-46-30(23(45)2)20-29(42-46)37-35(34-28(40)18-26(39)19-31(34)50-16-15-49-4)38-27(10-17-51-38)36(41-37)25-8-6-24(7-9-25)21-44-12-11-43(3)33(48)22-44/h5-10,17-20,23H,1,11-16,21-22H2,2-4H3/t23-/m1/s1. The van der Waals surface area contributed by atoms with E-state index in [0.717, 1.165) is 39.5 Å². The summed E-state index contributed by atoms with van der Waals surface area (Å²) in [5.74, 6) is -1.60. The number of methoxy groups -OCH3 is 1. The van der Waals surface area contributed by atoms with Crippen LogP contribution in [0, 0.1) is 11.6 Å². The van der Waals surface area contributed by atoms with Gasteiger partial charge in [-0.25, -0.2) is 13.8 Å². The summed E-state index contributed by atoms with van der Waals surface area (Å²) in [4.78, 5) is 35.8. The van der Waals surface area contributed by atoms with Gasteiger partial charge in [0.15, 0.2) is 0 Å². The van der Waals surface area contributed by atoms with Crippen LogP contribution in [-0.2, 0) is 27.4 Å². The smallest absolute Gasteiger partial charge is 0.246 e. The highest BCUT2D eigenvalue weighted by atomic mass is 32.1. The Balaban J connectivity index is 1.38. The molecule has 1 atom stereocenters. The first-order valence-electron chi connectivity index (χ1n) is 16.8. The van der Waals surface area contributed by atoms with Crippen molar-refractivity contribution < 1.29 is 27.8 Å². The van der Waals surface area contributed by atoms with Gasteiger partial charge in [-0.1, -0.05) is 30.8 Å². The van der Waals surface area contributed by atoms with Crippen molar-refractivity contribution in [1.82, 2.24) is 29.5 Å². The van der Waals surface area contributed by atoms with E-state index in [-0.39, 0.29) is 42.4 Å². The Morgan fingerprint density at radius 2 is 1.84 bits per heavy atom. The van der Waals surface area contributed by atoms with Crippen molar-refractivity contribution in [2.75, 3.05) is 53.6 Å². The molecular weight excluding hydrogens is 675 g/mol. The Morgan fingerprint density at radius 3 is 2.59 bits per heavy atom. The summed E-state index contributed by atoms with van der Waals surface area (Å²) in [5, 5.41) is 7.67. The first-order valence-corrected chi connectivity index (χ1v) is 17.6. The number of rotatable bonds is 10. The number of halogens is 2. The molecule has 2 aromatic carbocycles. The molecule has 2 aliphatic heterocycles. The van der Waals surface area contributed by atoms with Gasteiger partial charge in [-0.05, 0) is 36.1 Å². The minimum Gasteiger partial charge on any atom is -0.490 e. The van der Waals surface area contributed by atoms with Gasteiger partial charge in [-0.3, -0.25) is 19.2 Å². The monoisotopic (exact) mass is 712 g/mol. The fourth-order valence-electron chi connectivity index (χ4n) is 6.81. The number of nitrogens with zero attached hydrogens (tertiary/aromatic N) is 6. The van der Waals surface area contributed by atoms with Crippen LogP contribution >= 0.6 is 11.3 Å². The zero-order chi connectivity index (χ0) is 35.8. The van der Waals surface area contributed by atoms with Gasteiger partial charge in [0.1, 0.15) is 35.4 Å². The van der Waals surface area contributed by atoms with Crippen molar-refractivity contribution in [2.45, 2.75) is 26.1 Å². The summed E-state index contributed by atoms with van der Waals surface area (Å²) in [6, 6.07) is 13.7. The minimum atomic E-state index is -0.792. The van der Waals surface area contributed by atoms with E-state index in [0.29, 0.717) is 55.4 Å². The Hall–Kier alpha value is -4.98. The molecule has 51 heavy (non-hydrogen) atoms. The van der Waals surface area contributed by atoms with Gasteiger partial charge in [0.25, 0.3) is 0 Å². The number of aromatic nitrogens is 3. The zero-order valence-corrected chi connectivity index (χ0v) is 29.5. The van der Waals surface area contributed by atoms with Crippen LogP contribution < -0.4 is 4.74 Å². The Bertz CT molecular complexity index is 2130. The number of pyridine rings is 1. The van der Waals surface area contributed by atoms with E-state index in [9.17, 15) is 14.0 Å². The molecule has 2 aliphatic rings. The van der Waals surface area contributed by atoms with Gasteiger partial charge in [0, 0.05) is 73.7 Å². The van der Waals surface area contributed by atoms with Crippen molar-refractivity contribution in [1.29, 1.82) is 0 Å². The third-order valence-electron chi connectivity index (χ3n) is 9.55. The number of hydrogen-bond acceptors (Lipinski definition) is 8. The van der Waals surface area contributed by atoms with E-state index in [4.69, 9.17) is 19.6 Å². The van der Waals surface area contributed by atoms with Gasteiger partial charge < -0.3 is 19.3 Å². The fraction of sp³-hybridized carbons (Fsp3) is 0.316. The highest BCUT2D eigenvalue weighted by molar-refractivity contribution is 7.18. The van der Waals surface area contributed by atoms with E-state index < -0.39 is 11.6 Å². The summed E-state index contributed by atoms with van der Waals surface area (Å²) in [7, 11) is 3.35. The lowest BCUT2D eigenvalue weighted by molar-refractivity contribution is -0.134. The molecule has 0 aliphatic carbocycles. The minimum absolute atomic E-state index is 0.0295. The SMILES string of the molecule is C=CC(=O)N1CCn2nc(-c3nc(-c4ccc(CN5CCN(C)C(=O)C5)cc4)c4ccsc4c3-c3c(F)cc(F)cc3OCCOC)cc2[C@H]1C. The number of amides is 2. The predicted octanol–water partition coefficient (Wildman–Crippen LogP) is 6.16. The lowest BCUT2D eigenvalue weighted by Gasteiger charge is -2.33. The third kappa shape index (κ3) is 6.64. The van der Waals surface area contributed by atoms with Crippen LogP contribution in [-0.4, -0.2) is 94.8 Å². The first kappa shape index (κ1) is 34.5. The molecule has 264 valence electrons. The van der Waals surface area contributed by atoms with Crippen molar-refractivity contribution >= 4 is 33.2 Å². The van der Waals surface area contributed by atoms with Crippen LogP contribution in [0.25, 0.3) is 43.9 Å². The molecule has 5 heterocycles. The fourth-order valence-corrected chi connectivity index (χ4v) is 7.76. The van der Waals surface area contributed by atoms with Crippen LogP contribution in [0.3, 0.4) is 0 Å². The number of carbonyl (C=O) groups is 2. The maximum Gasteiger partial charge on any atom is 0.246 e. The average Bonchev–Trinajstić information content (AvgIpc) is 3.79. The van der Waals surface area contributed by atoms with E-state index >= 15 is 4.39 Å². The van der Waals surface area contributed by atoms with Gasteiger partial charge in [0.05, 0.1) is 42.7 Å². The molecule has 0 saturated carbocycles. The second-order valence-electron chi connectivity index (χ2n) is 12.8. The number of thiophene rings is 1. The van der Waals surface area contributed by atoms with Gasteiger partial charge in [-0.2, -0.15) is 5.10 Å².